The fourth-order valence-electron chi connectivity index (χ4n) is 2.68. The molecule has 2 atom stereocenters. The number of hydrogen-bond donors (Lipinski definition) is 1. The van der Waals surface area contributed by atoms with E-state index in [1.807, 2.05) is 0 Å². The van der Waals surface area contributed by atoms with Crippen LogP contribution in [0.2, 0.25) is 0 Å². The predicted octanol–water partition coefficient (Wildman–Crippen LogP) is 1.99. The van der Waals surface area contributed by atoms with Crippen molar-refractivity contribution in [3.63, 3.8) is 0 Å². The van der Waals surface area contributed by atoms with Gasteiger partial charge in [-0.2, -0.15) is 0 Å². The zero-order valence-corrected chi connectivity index (χ0v) is 7.70. The van der Waals surface area contributed by atoms with E-state index < -0.39 is 0 Å². The van der Waals surface area contributed by atoms with Crippen molar-refractivity contribution in [1.82, 2.24) is 0 Å². The largest absolute Gasteiger partial charge is 0.411 e. The lowest BCUT2D eigenvalue weighted by molar-refractivity contribution is -0.126. The number of rotatable bonds is 0. The van der Waals surface area contributed by atoms with Crippen LogP contribution in [0.15, 0.2) is 5.16 Å². The standard InChI is InChI=1S/C10H15NO2/c12-10-6-2-3-7-8(10)4-1-5-9(7)11-13/h7-8,13H,1-6H2/b11-9+. The minimum Gasteiger partial charge on any atom is -0.411 e. The first kappa shape index (κ1) is 8.73. The fourth-order valence-corrected chi connectivity index (χ4v) is 2.68. The van der Waals surface area contributed by atoms with Crippen LogP contribution in [0.3, 0.4) is 0 Å². The van der Waals surface area contributed by atoms with Crippen molar-refractivity contribution >= 4 is 11.5 Å². The maximum atomic E-state index is 11.6. The minimum atomic E-state index is 0.174. The molecule has 2 fully saturated rings. The Kier molecular flexibility index (Phi) is 2.34. The third-order valence-electron chi connectivity index (χ3n) is 3.34. The first-order valence-corrected chi connectivity index (χ1v) is 5.06. The van der Waals surface area contributed by atoms with E-state index in [0.29, 0.717) is 5.78 Å². The van der Waals surface area contributed by atoms with Gasteiger partial charge in [-0.05, 0) is 32.1 Å². The van der Waals surface area contributed by atoms with E-state index in [-0.39, 0.29) is 11.8 Å². The second-order valence-electron chi connectivity index (χ2n) is 4.06. The molecule has 13 heavy (non-hydrogen) atoms. The van der Waals surface area contributed by atoms with Gasteiger partial charge >= 0.3 is 0 Å². The molecule has 2 rings (SSSR count). The summed E-state index contributed by atoms with van der Waals surface area (Å²) >= 11 is 0. The van der Waals surface area contributed by atoms with Crippen LogP contribution >= 0.6 is 0 Å². The third kappa shape index (κ3) is 1.47. The van der Waals surface area contributed by atoms with Crippen molar-refractivity contribution in [2.75, 3.05) is 0 Å². The average molecular weight is 181 g/mol. The van der Waals surface area contributed by atoms with Crippen LogP contribution < -0.4 is 0 Å². The molecular formula is C10H15NO2. The van der Waals surface area contributed by atoms with Gasteiger partial charge in [-0.1, -0.05) is 5.16 Å². The molecule has 72 valence electrons. The highest BCUT2D eigenvalue weighted by atomic mass is 16.4. The van der Waals surface area contributed by atoms with Gasteiger partial charge in [0, 0.05) is 18.3 Å². The number of fused-ring (bicyclic) bond motifs is 1. The Bertz CT molecular complexity index is 247. The summed E-state index contributed by atoms with van der Waals surface area (Å²) in [6, 6.07) is 0. The van der Waals surface area contributed by atoms with Crippen LogP contribution in [0.25, 0.3) is 0 Å². The number of carbonyl (C=O) groups is 1. The number of Topliss-reactive ketones (excluding diaryl/α,β-unsaturated/α-hetero) is 1. The van der Waals surface area contributed by atoms with Crippen molar-refractivity contribution in [2.45, 2.75) is 38.5 Å². The Morgan fingerprint density at radius 3 is 2.62 bits per heavy atom. The molecule has 2 aliphatic carbocycles. The van der Waals surface area contributed by atoms with Gasteiger partial charge < -0.3 is 5.21 Å². The maximum absolute atomic E-state index is 11.6. The normalized spacial score (nSPS) is 37.5. The van der Waals surface area contributed by atoms with Crippen molar-refractivity contribution in [2.24, 2.45) is 17.0 Å². The highest BCUT2D eigenvalue weighted by Gasteiger charge is 2.37. The van der Waals surface area contributed by atoms with Crippen molar-refractivity contribution in [3.05, 3.63) is 0 Å². The van der Waals surface area contributed by atoms with E-state index in [4.69, 9.17) is 5.21 Å². The molecule has 3 heteroatoms. The molecule has 0 bridgehead atoms. The molecule has 0 aromatic rings. The van der Waals surface area contributed by atoms with Crippen molar-refractivity contribution < 1.29 is 10.0 Å². The average Bonchev–Trinajstić information content (AvgIpc) is 2.18. The van der Waals surface area contributed by atoms with Crippen molar-refractivity contribution in [1.29, 1.82) is 0 Å². The van der Waals surface area contributed by atoms with E-state index in [2.05, 4.69) is 5.16 Å². The topological polar surface area (TPSA) is 49.7 Å². The number of nitrogens with zero attached hydrogens (tertiary/aromatic N) is 1. The highest BCUT2D eigenvalue weighted by molar-refractivity contribution is 5.94. The van der Waals surface area contributed by atoms with Crippen LogP contribution in [0.4, 0.5) is 0 Å². The van der Waals surface area contributed by atoms with Crippen LogP contribution in [0, 0.1) is 11.8 Å². The number of hydrogen-bond acceptors (Lipinski definition) is 3. The van der Waals surface area contributed by atoms with Gasteiger partial charge in [0.05, 0.1) is 5.71 Å². The number of carbonyl (C=O) groups excluding carboxylic acids is 1. The van der Waals surface area contributed by atoms with Crippen LogP contribution in [-0.2, 0) is 4.79 Å². The summed E-state index contributed by atoms with van der Waals surface area (Å²) in [6.45, 7) is 0. The number of oxime groups is 1. The highest BCUT2D eigenvalue weighted by Crippen LogP contribution is 2.36. The third-order valence-corrected chi connectivity index (χ3v) is 3.34. The molecule has 0 spiro atoms. The van der Waals surface area contributed by atoms with Gasteiger partial charge in [-0.15, -0.1) is 0 Å². The molecule has 0 saturated heterocycles. The summed E-state index contributed by atoms with van der Waals surface area (Å²) in [5.41, 5.74) is 0.865. The van der Waals surface area contributed by atoms with E-state index in [9.17, 15) is 4.79 Å². The van der Waals surface area contributed by atoms with E-state index in [0.717, 1.165) is 44.2 Å². The second-order valence-corrected chi connectivity index (χ2v) is 4.06. The molecule has 0 radical (unpaired) electrons. The molecule has 0 heterocycles. The Morgan fingerprint density at radius 2 is 1.85 bits per heavy atom. The quantitative estimate of drug-likeness (QED) is 0.459. The van der Waals surface area contributed by atoms with Gasteiger partial charge in [0.1, 0.15) is 5.78 Å². The van der Waals surface area contributed by atoms with Gasteiger partial charge in [-0.3, -0.25) is 4.79 Å². The molecule has 3 nitrogen and oxygen atoms in total. The Morgan fingerprint density at radius 1 is 1.15 bits per heavy atom. The van der Waals surface area contributed by atoms with Crippen molar-refractivity contribution in [3.8, 4) is 0 Å². The van der Waals surface area contributed by atoms with Gasteiger partial charge in [0.2, 0.25) is 0 Å². The molecule has 2 unspecified atom stereocenters. The van der Waals surface area contributed by atoms with E-state index in [1.165, 1.54) is 0 Å². The summed E-state index contributed by atoms with van der Waals surface area (Å²) in [5, 5.41) is 12.1. The predicted molar refractivity (Wildman–Crippen MR) is 48.9 cm³/mol. The summed E-state index contributed by atoms with van der Waals surface area (Å²) in [7, 11) is 0. The zero-order valence-electron chi connectivity index (χ0n) is 7.70. The number of ketones is 1. The van der Waals surface area contributed by atoms with Crippen LogP contribution in [0.5, 0.6) is 0 Å². The SMILES string of the molecule is O=C1CCCC2/C(=N/O)CCCC12. The summed E-state index contributed by atoms with van der Waals surface area (Å²) < 4.78 is 0. The van der Waals surface area contributed by atoms with Crippen LogP contribution in [0.1, 0.15) is 38.5 Å². The summed E-state index contributed by atoms with van der Waals surface area (Å²) in [6.07, 6.45) is 5.63. The molecular weight excluding hydrogens is 166 g/mol. The van der Waals surface area contributed by atoms with Gasteiger partial charge in [0.15, 0.2) is 0 Å². The maximum Gasteiger partial charge on any atom is 0.136 e. The summed E-state index contributed by atoms with van der Waals surface area (Å²) in [5.74, 6) is 0.825. The fraction of sp³-hybridized carbons (Fsp3) is 0.800. The first-order valence-electron chi connectivity index (χ1n) is 5.06. The van der Waals surface area contributed by atoms with Crippen LogP contribution in [-0.4, -0.2) is 16.7 Å². The van der Waals surface area contributed by atoms with Gasteiger partial charge in [-0.25, -0.2) is 0 Å². The molecule has 0 aromatic carbocycles. The summed E-state index contributed by atoms with van der Waals surface area (Å²) in [4.78, 5) is 11.6. The second kappa shape index (κ2) is 3.48. The Balaban J connectivity index is 2.18. The smallest absolute Gasteiger partial charge is 0.136 e. The monoisotopic (exact) mass is 181 g/mol. The zero-order chi connectivity index (χ0) is 9.26. The lowest BCUT2D eigenvalue weighted by Crippen LogP contribution is -2.37. The molecule has 0 amide bonds. The lowest BCUT2D eigenvalue weighted by Gasteiger charge is -2.34. The Hall–Kier alpha value is -0.860. The lowest BCUT2D eigenvalue weighted by atomic mass is 9.69. The Labute approximate surface area is 77.8 Å². The molecule has 0 aromatic heterocycles. The molecule has 2 saturated carbocycles. The molecule has 1 N–H and O–H groups in total. The van der Waals surface area contributed by atoms with E-state index in [1.54, 1.807) is 0 Å². The molecule has 0 aliphatic heterocycles. The first-order chi connectivity index (χ1) is 6.33. The molecule has 2 aliphatic rings. The minimum absolute atomic E-state index is 0.174. The van der Waals surface area contributed by atoms with Gasteiger partial charge in [0.25, 0.3) is 0 Å². The van der Waals surface area contributed by atoms with E-state index >= 15 is 0 Å².